The van der Waals surface area contributed by atoms with E-state index in [1.807, 2.05) is 0 Å². The minimum Gasteiger partial charge on any atom is -0.311 e. The Hall–Kier alpha value is -11.5. The van der Waals surface area contributed by atoms with Gasteiger partial charge < -0.3 is 14.0 Å². The van der Waals surface area contributed by atoms with Gasteiger partial charge in [-0.15, -0.1) is 0 Å². The van der Waals surface area contributed by atoms with Crippen LogP contribution in [0.3, 0.4) is 0 Å². The first-order chi connectivity index (χ1) is 44.2. The zero-order valence-electron chi connectivity index (χ0n) is 48.8. The van der Waals surface area contributed by atoms with E-state index in [2.05, 4.69) is 348 Å². The van der Waals surface area contributed by atoms with Crippen LogP contribution in [0, 0.1) is 0 Å². The summed E-state index contributed by atoms with van der Waals surface area (Å²) in [5.41, 5.74) is 31.0. The molecule has 2 heterocycles. The van der Waals surface area contributed by atoms with E-state index in [-0.39, 0.29) is 11.8 Å². The van der Waals surface area contributed by atoms with Crippen LogP contribution < -0.4 is 4.90 Å². The number of anilines is 3. The lowest BCUT2D eigenvalue weighted by Crippen LogP contribution is -2.29. The molecule has 14 aromatic carbocycles. The van der Waals surface area contributed by atoms with Crippen molar-refractivity contribution in [2.75, 3.05) is 4.90 Å². The fourth-order valence-corrected chi connectivity index (χ4v) is 15.2. The Bertz CT molecular complexity index is 5260. The molecule has 416 valence electrons. The molecule has 3 aliphatic rings. The van der Waals surface area contributed by atoms with Crippen molar-refractivity contribution in [3.05, 3.63) is 367 Å². The molecule has 0 spiro atoms. The predicted molar refractivity (Wildman–Crippen MR) is 372 cm³/mol. The van der Waals surface area contributed by atoms with Gasteiger partial charge in [0.1, 0.15) is 0 Å². The number of rotatable bonds is 10. The SMILES string of the molecule is c1ccc(-c2ccc(N(c3ccc(-c4ccccc4)cc3)c3ccc(-c4ccc(-c5ccc(-n6c7ccccc7c7c(-c8ccc9c(c8)c8ccccc8n9-c8ccccc8)cccc76)c6c5C5c7ccccc7C6c6ccccc65)cc4)cc3)cc2)cc1. The van der Waals surface area contributed by atoms with Crippen molar-refractivity contribution in [1.82, 2.24) is 9.13 Å². The molecule has 0 atom stereocenters. The Morgan fingerprint density at radius 2 is 0.640 bits per heavy atom. The average Bonchev–Trinajstić information content (AvgIpc) is 1.35. The molecule has 0 radical (unpaired) electrons. The normalized spacial score (nSPS) is 13.8. The Balaban J connectivity index is 0.751. The summed E-state index contributed by atoms with van der Waals surface area (Å²) in [4.78, 5) is 2.36. The van der Waals surface area contributed by atoms with Gasteiger partial charge in [0.2, 0.25) is 0 Å². The number of benzene rings is 14. The second-order valence-electron chi connectivity index (χ2n) is 23.8. The fraction of sp³-hybridized carbons (Fsp3) is 0.0233. The third-order valence-corrected chi connectivity index (χ3v) is 19.1. The second-order valence-corrected chi connectivity index (χ2v) is 23.8. The molecule has 16 aromatic rings. The van der Waals surface area contributed by atoms with E-state index in [0.717, 1.165) is 22.7 Å². The van der Waals surface area contributed by atoms with E-state index in [0.29, 0.717) is 0 Å². The summed E-state index contributed by atoms with van der Waals surface area (Å²) in [5.74, 6) is 0.104. The molecule has 0 saturated carbocycles. The quantitative estimate of drug-likeness (QED) is 0.133. The van der Waals surface area contributed by atoms with Crippen LogP contribution in [-0.2, 0) is 0 Å². The second kappa shape index (κ2) is 20.6. The highest BCUT2D eigenvalue weighted by atomic mass is 15.1. The van der Waals surface area contributed by atoms with Crippen LogP contribution in [0.15, 0.2) is 334 Å². The van der Waals surface area contributed by atoms with Gasteiger partial charge in [-0.3, -0.25) is 0 Å². The van der Waals surface area contributed by atoms with Crippen molar-refractivity contribution in [2.45, 2.75) is 11.8 Å². The first kappa shape index (κ1) is 50.8. The van der Waals surface area contributed by atoms with Gasteiger partial charge >= 0.3 is 0 Å². The molecule has 0 N–H and O–H groups in total. The maximum absolute atomic E-state index is 2.59. The van der Waals surface area contributed by atoms with Crippen LogP contribution in [0.25, 0.3) is 111 Å². The number of hydrogen-bond donors (Lipinski definition) is 0. The third kappa shape index (κ3) is 8.13. The number of aromatic nitrogens is 2. The molecular weight excluding hydrogens is 1070 g/mol. The van der Waals surface area contributed by atoms with Crippen LogP contribution in [0.2, 0.25) is 0 Å². The summed E-state index contributed by atoms with van der Waals surface area (Å²) < 4.78 is 5.00. The van der Waals surface area contributed by atoms with Crippen LogP contribution in [-0.4, -0.2) is 9.13 Å². The first-order valence-electron chi connectivity index (χ1n) is 31.0. The molecule has 0 fully saturated rings. The van der Waals surface area contributed by atoms with Crippen molar-refractivity contribution < 1.29 is 0 Å². The number of fused-ring (bicyclic) bond motifs is 6. The highest BCUT2D eigenvalue weighted by Crippen LogP contribution is 2.60. The summed E-state index contributed by atoms with van der Waals surface area (Å²) >= 11 is 0. The molecule has 0 amide bonds. The van der Waals surface area contributed by atoms with Gasteiger partial charge in [0.15, 0.2) is 0 Å². The monoisotopic (exact) mass is 1130 g/mol. The van der Waals surface area contributed by atoms with Gasteiger partial charge in [-0.25, -0.2) is 0 Å². The topological polar surface area (TPSA) is 13.1 Å². The van der Waals surface area contributed by atoms with Gasteiger partial charge in [-0.1, -0.05) is 249 Å². The third-order valence-electron chi connectivity index (χ3n) is 19.1. The van der Waals surface area contributed by atoms with Crippen LogP contribution in [0.1, 0.15) is 45.2 Å². The van der Waals surface area contributed by atoms with E-state index in [4.69, 9.17) is 0 Å². The van der Waals surface area contributed by atoms with Crippen molar-refractivity contribution in [3.63, 3.8) is 0 Å². The van der Waals surface area contributed by atoms with Crippen molar-refractivity contribution in [3.8, 4) is 67.0 Å². The molecule has 0 saturated heterocycles. The van der Waals surface area contributed by atoms with Gasteiger partial charge in [-0.2, -0.15) is 0 Å². The summed E-state index contributed by atoms with van der Waals surface area (Å²) in [6, 6.07) is 124. The lowest BCUT2D eigenvalue weighted by molar-refractivity contribution is 0.750. The minimum atomic E-state index is 0.0436. The molecule has 2 aromatic heterocycles. The molecular formula is C86H57N3. The molecule has 2 bridgehead atoms. The van der Waals surface area contributed by atoms with Crippen LogP contribution in [0.4, 0.5) is 17.1 Å². The average molecular weight is 1130 g/mol. The van der Waals surface area contributed by atoms with Gasteiger partial charge in [-0.05, 0) is 174 Å². The van der Waals surface area contributed by atoms with Gasteiger partial charge in [0.05, 0.1) is 27.8 Å². The van der Waals surface area contributed by atoms with Crippen molar-refractivity contribution in [2.24, 2.45) is 0 Å². The number of nitrogens with zero attached hydrogens (tertiary/aromatic N) is 3. The Labute approximate surface area is 517 Å². The smallest absolute Gasteiger partial charge is 0.0547 e. The molecule has 3 heteroatoms. The fourth-order valence-electron chi connectivity index (χ4n) is 15.2. The zero-order chi connectivity index (χ0) is 58.5. The highest BCUT2D eigenvalue weighted by Gasteiger charge is 2.44. The standard InChI is InChI=1S/C86H57N3/c1-4-19-56(20-5-1)59-39-46-65(47-40-59)87(66-48-41-60(42-49-66)57-21-6-2-7-22-57)67-50-43-61(44-51-67)58-35-37-62(38-36-58)69-52-54-81(86-84-73-28-12-10-26-71(73)83(85(69)86)72-27-11-13-29-74(72)84)89-78-33-17-15-30-75(78)82-68(31-18-34-80(82)89)63-45-53-79-76(55-63)70-25-14-16-32-77(70)88(79)64-23-8-3-9-24-64/h1-55,83-84H. The highest BCUT2D eigenvalue weighted by molar-refractivity contribution is 6.17. The first-order valence-corrected chi connectivity index (χ1v) is 31.0. The summed E-state index contributed by atoms with van der Waals surface area (Å²) in [6.45, 7) is 0. The summed E-state index contributed by atoms with van der Waals surface area (Å²) in [5, 5.41) is 5.01. The lowest BCUT2D eigenvalue weighted by Gasteiger charge is -2.44. The van der Waals surface area contributed by atoms with E-state index in [9.17, 15) is 0 Å². The Kier molecular flexibility index (Phi) is 11.7. The Morgan fingerprint density at radius 1 is 0.236 bits per heavy atom. The van der Waals surface area contributed by atoms with Crippen LogP contribution in [0.5, 0.6) is 0 Å². The zero-order valence-corrected chi connectivity index (χ0v) is 48.8. The predicted octanol–water partition coefficient (Wildman–Crippen LogP) is 22.7. The number of hydrogen-bond acceptors (Lipinski definition) is 1. The minimum absolute atomic E-state index is 0.0436. The molecule has 19 rings (SSSR count). The van der Waals surface area contributed by atoms with Crippen molar-refractivity contribution in [1.29, 1.82) is 0 Å². The molecule has 0 unspecified atom stereocenters. The van der Waals surface area contributed by atoms with Gasteiger partial charge in [0.25, 0.3) is 0 Å². The van der Waals surface area contributed by atoms with Crippen LogP contribution >= 0.6 is 0 Å². The molecule has 89 heavy (non-hydrogen) atoms. The van der Waals surface area contributed by atoms with E-state index in [1.54, 1.807) is 0 Å². The van der Waals surface area contributed by atoms with E-state index >= 15 is 0 Å². The maximum Gasteiger partial charge on any atom is 0.0547 e. The maximum atomic E-state index is 2.59. The van der Waals surface area contributed by atoms with E-state index < -0.39 is 0 Å². The Morgan fingerprint density at radius 3 is 1.19 bits per heavy atom. The number of para-hydroxylation sites is 3. The largest absolute Gasteiger partial charge is 0.311 e. The van der Waals surface area contributed by atoms with Gasteiger partial charge in [0, 0.05) is 56.1 Å². The summed E-state index contributed by atoms with van der Waals surface area (Å²) in [6.07, 6.45) is 0. The van der Waals surface area contributed by atoms with E-state index in [1.165, 1.54) is 138 Å². The summed E-state index contributed by atoms with van der Waals surface area (Å²) in [7, 11) is 0. The lowest BCUT2D eigenvalue weighted by atomic mass is 9.59. The molecule has 3 aliphatic carbocycles. The molecule has 0 aliphatic heterocycles. The molecule has 3 nitrogen and oxygen atoms in total. The van der Waals surface area contributed by atoms with Crippen molar-refractivity contribution >= 4 is 60.7 Å².